The van der Waals surface area contributed by atoms with Gasteiger partial charge in [0.05, 0.1) is 5.75 Å². The number of anilines is 1. The number of thioether (sulfide) groups is 1. The zero-order valence-electron chi connectivity index (χ0n) is 12.6. The zero-order valence-corrected chi connectivity index (χ0v) is 13.4. The monoisotopic (exact) mass is 310 g/mol. The lowest BCUT2D eigenvalue weighted by molar-refractivity contribution is -0.119. The largest absolute Gasteiger partial charge is 0.398 e. The molecule has 3 N–H and O–H groups in total. The summed E-state index contributed by atoms with van der Waals surface area (Å²) in [6.07, 6.45) is 3.45. The van der Waals surface area contributed by atoms with Gasteiger partial charge in [-0.05, 0) is 36.5 Å². The maximum absolute atomic E-state index is 13.2. The number of hydrogen-bond donors (Lipinski definition) is 2. The molecular formula is C16H23FN2OS. The zero-order chi connectivity index (χ0) is 15.4. The van der Waals surface area contributed by atoms with Crippen molar-refractivity contribution in [3.05, 3.63) is 24.0 Å². The van der Waals surface area contributed by atoms with Gasteiger partial charge in [-0.15, -0.1) is 11.8 Å². The second-order valence-electron chi connectivity index (χ2n) is 5.91. The van der Waals surface area contributed by atoms with Crippen molar-refractivity contribution in [2.45, 2.75) is 44.0 Å². The third kappa shape index (κ3) is 4.37. The molecule has 3 atom stereocenters. The average Bonchev–Trinajstić information content (AvgIpc) is 2.45. The van der Waals surface area contributed by atoms with E-state index in [4.69, 9.17) is 5.73 Å². The molecule has 21 heavy (non-hydrogen) atoms. The minimum absolute atomic E-state index is 0.00499. The molecule has 1 amide bonds. The second-order valence-corrected chi connectivity index (χ2v) is 6.93. The Morgan fingerprint density at radius 2 is 2.19 bits per heavy atom. The Hall–Kier alpha value is -1.23. The third-order valence-corrected chi connectivity index (χ3v) is 5.46. The smallest absolute Gasteiger partial charge is 0.230 e. The summed E-state index contributed by atoms with van der Waals surface area (Å²) in [4.78, 5) is 12.7. The first-order chi connectivity index (χ1) is 9.97. The molecule has 1 aliphatic carbocycles. The lowest BCUT2D eigenvalue weighted by atomic mass is 9.78. The van der Waals surface area contributed by atoms with Crippen molar-refractivity contribution < 1.29 is 9.18 Å². The Labute approximate surface area is 129 Å². The van der Waals surface area contributed by atoms with Gasteiger partial charge in [0, 0.05) is 16.6 Å². The molecule has 0 bridgehead atoms. The van der Waals surface area contributed by atoms with Gasteiger partial charge in [-0.1, -0.05) is 26.7 Å². The van der Waals surface area contributed by atoms with Crippen LogP contribution in [0.5, 0.6) is 0 Å². The molecule has 5 heteroatoms. The van der Waals surface area contributed by atoms with E-state index in [1.165, 1.54) is 42.8 Å². The number of carbonyl (C=O) groups is 1. The van der Waals surface area contributed by atoms with Crippen LogP contribution in [0.3, 0.4) is 0 Å². The average molecular weight is 310 g/mol. The van der Waals surface area contributed by atoms with Gasteiger partial charge in [-0.3, -0.25) is 4.79 Å². The summed E-state index contributed by atoms with van der Waals surface area (Å²) >= 11 is 1.28. The molecule has 0 aliphatic heterocycles. The molecule has 0 spiro atoms. The molecule has 1 aromatic rings. The number of hydrogen-bond acceptors (Lipinski definition) is 3. The van der Waals surface area contributed by atoms with Gasteiger partial charge < -0.3 is 11.1 Å². The Morgan fingerprint density at radius 3 is 2.95 bits per heavy atom. The summed E-state index contributed by atoms with van der Waals surface area (Å²) in [7, 11) is 0. The van der Waals surface area contributed by atoms with Crippen LogP contribution in [0.1, 0.15) is 33.1 Å². The van der Waals surface area contributed by atoms with E-state index in [2.05, 4.69) is 19.2 Å². The van der Waals surface area contributed by atoms with Crippen molar-refractivity contribution in [1.29, 1.82) is 0 Å². The van der Waals surface area contributed by atoms with E-state index in [1.54, 1.807) is 0 Å². The van der Waals surface area contributed by atoms with Crippen molar-refractivity contribution in [3.8, 4) is 0 Å². The Kier molecular flexibility index (Phi) is 5.51. The molecule has 3 nitrogen and oxygen atoms in total. The van der Waals surface area contributed by atoms with E-state index in [0.717, 1.165) is 6.42 Å². The highest BCUT2D eigenvalue weighted by atomic mass is 32.2. The standard InChI is InChI=1S/C16H23FN2OS/c1-10-4-3-5-14(11(10)2)19-16(20)9-21-15-8-12(17)6-7-13(15)18/h6-8,10-11,14H,3-5,9,18H2,1-2H3,(H,19,20). The SMILES string of the molecule is CC1CCCC(NC(=O)CSc2cc(F)ccc2N)C1C. The Bertz CT molecular complexity index is 509. The van der Waals surface area contributed by atoms with Crippen LogP contribution < -0.4 is 11.1 Å². The molecule has 116 valence electrons. The number of halogens is 1. The van der Waals surface area contributed by atoms with Crippen molar-refractivity contribution in [2.75, 3.05) is 11.5 Å². The topological polar surface area (TPSA) is 55.1 Å². The van der Waals surface area contributed by atoms with Gasteiger partial charge in [0.15, 0.2) is 0 Å². The fourth-order valence-corrected chi connectivity index (χ4v) is 3.61. The summed E-state index contributed by atoms with van der Waals surface area (Å²) in [6, 6.07) is 4.48. The van der Waals surface area contributed by atoms with Gasteiger partial charge in [-0.25, -0.2) is 4.39 Å². The lowest BCUT2D eigenvalue weighted by Gasteiger charge is -2.34. The van der Waals surface area contributed by atoms with Crippen LogP contribution >= 0.6 is 11.8 Å². The number of carbonyl (C=O) groups excluding carboxylic acids is 1. The first kappa shape index (κ1) is 16.1. The van der Waals surface area contributed by atoms with E-state index >= 15 is 0 Å². The van der Waals surface area contributed by atoms with E-state index in [9.17, 15) is 9.18 Å². The molecule has 2 rings (SSSR count). The highest BCUT2D eigenvalue weighted by Gasteiger charge is 2.27. The van der Waals surface area contributed by atoms with Crippen molar-refractivity contribution in [2.24, 2.45) is 11.8 Å². The van der Waals surface area contributed by atoms with E-state index in [-0.39, 0.29) is 23.5 Å². The molecule has 1 aliphatic rings. The van der Waals surface area contributed by atoms with Gasteiger partial charge in [0.1, 0.15) is 5.82 Å². The van der Waals surface area contributed by atoms with Crippen LogP contribution in [-0.2, 0) is 4.79 Å². The molecule has 3 unspecified atom stereocenters. The van der Waals surface area contributed by atoms with Gasteiger partial charge in [0.25, 0.3) is 0 Å². The van der Waals surface area contributed by atoms with Crippen LogP contribution in [0.2, 0.25) is 0 Å². The molecule has 1 fully saturated rings. The quantitative estimate of drug-likeness (QED) is 0.661. The van der Waals surface area contributed by atoms with Gasteiger partial charge in [0.2, 0.25) is 5.91 Å². The van der Waals surface area contributed by atoms with Crippen molar-refractivity contribution in [3.63, 3.8) is 0 Å². The molecule has 0 radical (unpaired) electrons. The minimum atomic E-state index is -0.332. The van der Waals surface area contributed by atoms with E-state index in [0.29, 0.717) is 22.4 Å². The molecule has 0 heterocycles. The molecule has 1 saturated carbocycles. The number of amides is 1. The maximum Gasteiger partial charge on any atom is 0.230 e. The molecule has 1 aromatic carbocycles. The Balaban J connectivity index is 1.86. The summed E-state index contributed by atoms with van der Waals surface area (Å²) < 4.78 is 13.2. The van der Waals surface area contributed by atoms with Crippen LogP contribution in [0.25, 0.3) is 0 Å². The summed E-state index contributed by atoms with van der Waals surface area (Å²) in [5.74, 6) is 1.09. The van der Waals surface area contributed by atoms with Gasteiger partial charge in [-0.2, -0.15) is 0 Å². The van der Waals surface area contributed by atoms with Gasteiger partial charge >= 0.3 is 0 Å². The fraction of sp³-hybridized carbons (Fsp3) is 0.562. The summed E-state index contributed by atoms with van der Waals surface area (Å²) in [5.41, 5.74) is 6.29. The predicted molar refractivity (Wildman–Crippen MR) is 85.6 cm³/mol. The highest BCUT2D eigenvalue weighted by Crippen LogP contribution is 2.30. The number of benzene rings is 1. The lowest BCUT2D eigenvalue weighted by Crippen LogP contribution is -2.44. The predicted octanol–water partition coefficient (Wildman–Crippen LogP) is 3.44. The number of nitrogens with two attached hydrogens (primary N) is 1. The third-order valence-electron chi connectivity index (χ3n) is 4.39. The normalized spacial score (nSPS) is 25.6. The van der Waals surface area contributed by atoms with Crippen LogP contribution in [0, 0.1) is 17.7 Å². The van der Waals surface area contributed by atoms with E-state index in [1.807, 2.05) is 0 Å². The van der Waals surface area contributed by atoms with E-state index < -0.39 is 0 Å². The van der Waals surface area contributed by atoms with Crippen LogP contribution in [0.4, 0.5) is 10.1 Å². The fourth-order valence-electron chi connectivity index (χ4n) is 2.81. The highest BCUT2D eigenvalue weighted by molar-refractivity contribution is 8.00. The summed E-state index contributed by atoms with van der Waals surface area (Å²) in [5, 5.41) is 3.11. The number of rotatable bonds is 4. The minimum Gasteiger partial charge on any atom is -0.398 e. The molecule has 0 saturated heterocycles. The molecular weight excluding hydrogens is 287 g/mol. The van der Waals surface area contributed by atoms with Crippen LogP contribution in [-0.4, -0.2) is 17.7 Å². The first-order valence-corrected chi connectivity index (χ1v) is 8.43. The maximum atomic E-state index is 13.2. The second kappa shape index (κ2) is 7.16. The number of nitrogen functional groups attached to an aromatic ring is 1. The molecule has 0 aromatic heterocycles. The Morgan fingerprint density at radius 1 is 1.43 bits per heavy atom. The first-order valence-electron chi connectivity index (χ1n) is 7.44. The number of nitrogens with one attached hydrogen (secondary N) is 1. The van der Waals surface area contributed by atoms with Crippen molar-refractivity contribution in [1.82, 2.24) is 5.32 Å². The summed E-state index contributed by atoms with van der Waals surface area (Å²) in [6.45, 7) is 4.44. The van der Waals surface area contributed by atoms with Crippen molar-refractivity contribution >= 4 is 23.4 Å². The van der Waals surface area contributed by atoms with Crippen LogP contribution in [0.15, 0.2) is 23.1 Å².